The lowest BCUT2D eigenvalue weighted by atomic mass is 9.74. The fraction of sp³-hybridized carbons (Fsp3) is 0.0417. The second-order valence-corrected chi connectivity index (χ2v) is 13.1. The molecule has 1 aliphatic carbocycles. The Kier molecular flexibility index (Phi) is 6.99. The smallest absolute Gasteiger partial charge is 0.0540 e. The third kappa shape index (κ3) is 4.78. The van der Waals surface area contributed by atoms with E-state index < -0.39 is 0 Å². The summed E-state index contributed by atoms with van der Waals surface area (Å²) in [7, 11) is 0. The zero-order valence-corrected chi connectivity index (χ0v) is 27.4. The lowest BCUT2D eigenvalue weighted by Crippen LogP contribution is -2.23. The Morgan fingerprint density at radius 2 is 0.918 bits per heavy atom. The second-order valence-electron chi connectivity index (χ2n) is 13.1. The summed E-state index contributed by atoms with van der Waals surface area (Å²) in [4.78, 5) is 2.44. The lowest BCUT2D eigenvalue weighted by molar-refractivity contribution is 0.714. The molecule has 0 unspecified atom stereocenters. The highest BCUT2D eigenvalue weighted by Gasteiger charge is 2.40. The molecule has 1 nitrogen and oxygen atoms in total. The van der Waals surface area contributed by atoms with Gasteiger partial charge in [-0.1, -0.05) is 164 Å². The van der Waals surface area contributed by atoms with Crippen molar-refractivity contribution >= 4 is 27.8 Å². The first-order valence-electron chi connectivity index (χ1n) is 17.0. The van der Waals surface area contributed by atoms with Gasteiger partial charge in [0.1, 0.15) is 0 Å². The Labute approximate surface area is 288 Å². The fourth-order valence-electron chi connectivity index (χ4n) is 7.93. The summed E-state index contributed by atoms with van der Waals surface area (Å²) >= 11 is 0. The van der Waals surface area contributed by atoms with Crippen LogP contribution in [0.3, 0.4) is 0 Å². The van der Waals surface area contributed by atoms with Crippen LogP contribution in [-0.4, -0.2) is 0 Å². The van der Waals surface area contributed by atoms with Crippen molar-refractivity contribution in [3.63, 3.8) is 0 Å². The molecule has 0 aliphatic heterocycles. The topological polar surface area (TPSA) is 3.24 Å². The highest BCUT2D eigenvalue weighted by atomic mass is 15.1. The van der Waals surface area contributed by atoms with E-state index in [9.17, 15) is 0 Å². The highest BCUT2D eigenvalue weighted by Crippen LogP contribution is 2.53. The first-order chi connectivity index (χ1) is 24.2. The Balaban J connectivity index is 1.25. The Morgan fingerprint density at radius 1 is 0.367 bits per heavy atom. The molecule has 232 valence electrons. The summed E-state index contributed by atoms with van der Waals surface area (Å²) in [5.41, 5.74) is 14.6. The average Bonchev–Trinajstić information content (AvgIpc) is 3.45. The van der Waals surface area contributed by atoms with Gasteiger partial charge in [-0.3, -0.25) is 0 Å². The monoisotopic (exact) mass is 625 g/mol. The molecule has 0 saturated heterocycles. The van der Waals surface area contributed by atoms with E-state index in [-0.39, 0.29) is 5.41 Å². The van der Waals surface area contributed by atoms with Crippen LogP contribution >= 0.6 is 0 Å². The van der Waals surface area contributed by atoms with Crippen molar-refractivity contribution in [2.45, 2.75) is 12.3 Å². The first kappa shape index (κ1) is 29.0. The lowest BCUT2D eigenvalue weighted by Gasteiger charge is -2.32. The van der Waals surface area contributed by atoms with Gasteiger partial charge in [-0.25, -0.2) is 0 Å². The molecule has 0 bridgehead atoms. The predicted octanol–water partition coefficient (Wildman–Crippen LogP) is 13.0. The summed E-state index contributed by atoms with van der Waals surface area (Å²) in [6.45, 7) is 2.39. The van der Waals surface area contributed by atoms with Crippen LogP contribution < -0.4 is 4.90 Å². The van der Waals surface area contributed by atoms with Crippen LogP contribution in [0.25, 0.3) is 44.2 Å². The van der Waals surface area contributed by atoms with Gasteiger partial charge in [-0.15, -0.1) is 0 Å². The van der Waals surface area contributed by atoms with Gasteiger partial charge >= 0.3 is 0 Å². The number of nitrogens with zero attached hydrogens (tertiary/aromatic N) is 1. The highest BCUT2D eigenvalue weighted by molar-refractivity contribution is 6.06. The van der Waals surface area contributed by atoms with Gasteiger partial charge in [-0.05, 0) is 92.7 Å². The maximum atomic E-state index is 2.44. The van der Waals surface area contributed by atoms with Crippen molar-refractivity contribution in [1.82, 2.24) is 0 Å². The predicted molar refractivity (Wildman–Crippen MR) is 207 cm³/mol. The molecule has 0 amide bonds. The summed E-state index contributed by atoms with van der Waals surface area (Å²) < 4.78 is 0. The number of benzene rings is 8. The molecule has 0 fully saturated rings. The van der Waals surface area contributed by atoms with E-state index in [0.29, 0.717) is 0 Å². The Morgan fingerprint density at radius 3 is 1.59 bits per heavy atom. The summed E-state index contributed by atoms with van der Waals surface area (Å²) in [5.74, 6) is 0. The minimum atomic E-state index is -0.286. The number of fused-ring (bicyclic) bond motifs is 4. The van der Waals surface area contributed by atoms with Gasteiger partial charge in [0.25, 0.3) is 0 Å². The van der Waals surface area contributed by atoms with Gasteiger partial charge in [0.2, 0.25) is 0 Å². The van der Waals surface area contributed by atoms with Crippen LogP contribution in [0.5, 0.6) is 0 Å². The van der Waals surface area contributed by atoms with Crippen molar-refractivity contribution in [1.29, 1.82) is 0 Å². The summed E-state index contributed by atoms with van der Waals surface area (Å²) in [5, 5.41) is 2.45. The molecule has 0 spiro atoms. The molecule has 1 heteroatoms. The van der Waals surface area contributed by atoms with Gasteiger partial charge in [0, 0.05) is 22.2 Å². The van der Waals surface area contributed by atoms with Crippen molar-refractivity contribution in [2.24, 2.45) is 0 Å². The standard InChI is InChI=1S/C48H35N/c1-48(45-25-12-10-22-42(45)43-23-11-13-26-46(43)48)37-19-14-20-39(33-37)49(38-29-27-35(28-30-38)34-15-4-2-5-16-34)47-32-31-40(36-17-6-3-7-18-36)41-21-8-9-24-44(41)47/h2-33H,1H3. The SMILES string of the molecule is CC1(c2cccc(N(c3ccc(-c4ccccc4)cc3)c3ccc(-c4ccccc4)c4ccccc34)c2)c2ccccc2-c2ccccc21. The van der Waals surface area contributed by atoms with E-state index in [4.69, 9.17) is 0 Å². The van der Waals surface area contributed by atoms with Gasteiger partial charge in [0.05, 0.1) is 5.69 Å². The minimum Gasteiger partial charge on any atom is -0.310 e. The first-order valence-corrected chi connectivity index (χ1v) is 17.0. The van der Waals surface area contributed by atoms with Crippen LogP contribution in [0.15, 0.2) is 194 Å². The Bertz CT molecular complexity index is 2400. The van der Waals surface area contributed by atoms with Crippen LogP contribution in [0.2, 0.25) is 0 Å². The quantitative estimate of drug-likeness (QED) is 0.178. The van der Waals surface area contributed by atoms with Crippen LogP contribution in [0, 0.1) is 0 Å². The average molecular weight is 626 g/mol. The fourth-order valence-corrected chi connectivity index (χ4v) is 7.93. The van der Waals surface area contributed by atoms with Crippen molar-refractivity contribution in [2.75, 3.05) is 4.90 Å². The van der Waals surface area contributed by atoms with Crippen LogP contribution in [0.4, 0.5) is 17.1 Å². The van der Waals surface area contributed by atoms with Crippen molar-refractivity contribution in [3.05, 3.63) is 211 Å². The number of anilines is 3. The van der Waals surface area contributed by atoms with E-state index in [0.717, 1.165) is 17.1 Å². The van der Waals surface area contributed by atoms with Crippen LogP contribution in [0.1, 0.15) is 23.6 Å². The Hall–Kier alpha value is -6.18. The molecule has 0 N–H and O–H groups in total. The van der Waals surface area contributed by atoms with Crippen LogP contribution in [-0.2, 0) is 5.41 Å². The van der Waals surface area contributed by atoms with Crippen molar-refractivity contribution < 1.29 is 0 Å². The normalized spacial score (nSPS) is 12.8. The molecule has 1 aliphatic rings. The molecular weight excluding hydrogens is 591 g/mol. The third-order valence-electron chi connectivity index (χ3n) is 10.4. The van der Waals surface area contributed by atoms with Gasteiger partial charge < -0.3 is 4.90 Å². The second kappa shape index (κ2) is 11.8. The van der Waals surface area contributed by atoms with Crippen molar-refractivity contribution in [3.8, 4) is 33.4 Å². The maximum Gasteiger partial charge on any atom is 0.0540 e. The molecule has 0 radical (unpaired) electrons. The number of hydrogen-bond donors (Lipinski definition) is 0. The molecule has 8 aromatic carbocycles. The van der Waals surface area contributed by atoms with Gasteiger partial charge in [-0.2, -0.15) is 0 Å². The molecule has 0 atom stereocenters. The zero-order valence-electron chi connectivity index (χ0n) is 27.4. The summed E-state index contributed by atoms with van der Waals surface area (Å²) in [6, 6.07) is 70.7. The molecule has 0 saturated carbocycles. The molecule has 0 aromatic heterocycles. The molecule has 9 rings (SSSR count). The number of hydrogen-bond acceptors (Lipinski definition) is 1. The maximum absolute atomic E-state index is 2.44. The third-order valence-corrected chi connectivity index (χ3v) is 10.4. The molecule has 8 aromatic rings. The van der Waals surface area contributed by atoms with Gasteiger partial charge in [0.15, 0.2) is 0 Å². The molecule has 49 heavy (non-hydrogen) atoms. The van der Waals surface area contributed by atoms with E-state index in [1.54, 1.807) is 0 Å². The molecular formula is C48H35N. The van der Waals surface area contributed by atoms with E-state index in [1.807, 2.05) is 0 Å². The molecule has 0 heterocycles. The van der Waals surface area contributed by atoms with E-state index in [1.165, 1.54) is 60.8 Å². The minimum absolute atomic E-state index is 0.286. The number of rotatable bonds is 6. The largest absolute Gasteiger partial charge is 0.310 e. The van der Waals surface area contributed by atoms with E-state index >= 15 is 0 Å². The summed E-state index contributed by atoms with van der Waals surface area (Å²) in [6.07, 6.45) is 0. The zero-order chi connectivity index (χ0) is 32.8. The van der Waals surface area contributed by atoms with E-state index in [2.05, 4.69) is 206 Å².